The van der Waals surface area contributed by atoms with Crippen LogP contribution in [0, 0.1) is 0 Å². The van der Waals surface area contributed by atoms with Gasteiger partial charge in [0.15, 0.2) is 0 Å². The number of thioether (sulfide) groups is 1. The van der Waals surface area contributed by atoms with Crippen LogP contribution in [0.2, 0.25) is 0 Å². The second-order valence-corrected chi connectivity index (χ2v) is 7.36. The predicted octanol–water partition coefficient (Wildman–Crippen LogP) is 3.81. The number of hydrogen-bond donors (Lipinski definition) is 1. The predicted molar refractivity (Wildman–Crippen MR) is 106 cm³/mol. The van der Waals surface area contributed by atoms with Crippen molar-refractivity contribution in [3.8, 4) is 11.1 Å². The highest BCUT2D eigenvalue weighted by Crippen LogP contribution is 2.33. The van der Waals surface area contributed by atoms with Gasteiger partial charge in [-0.15, -0.1) is 0 Å². The van der Waals surface area contributed by atoms with Crippen LogP contribution >= 0.6 is 24.0 Å². The summed E-state index contributed by atoms with van der Waals surface area (Å²) in [6, 6.07) is 11.8. The summed E-state index contributed by atoms with van der Waals surface area (Å²) >= 11 is 6.50. The summed E-state index contributed by atoms with van der Waals surface area (Å²) in [6.45, 7) is 0.329. The molecule has 7 heteroatoms. The standard InChI is InChI=1S/C19H16N2O3S2/c22-17(23)2-1-11-21-18(24)16(26-19(21)25)12-13-3-5-14(6-4-13)15-7-9-20-10-8-15/h3-10,12H,1-2,11H2,(H,22,23). The largest absolute Gasteiger partial charge is 0.481 e. The van der Waals surface area contributed by atoms with E-state index in [1.54, 1.807) is 12.4 Å². The summed E-state index contributed by atoms with van der Waals surface area (Å²) in [6.07, 6.45) is 5.72. The maximum Gasteiger partial charge on any atom is 0.303 e. The molecule has 0 saturated carbocycles. The van der Waals surface area contributed by atoms with Crippen LogP contribution in [-0.2, 0) is 9.59 Å². The molecule has 1 aromatic carbocycles. The summed E-state index contributed by atoms with van der Waals surface area (Å²) < 4.78 is 0.472. The van der Waals surface area contributed by atoms with E-state index in [4.69, 9.17) is 17.3 Å². The minimum Gasteiger partial charge on any atom is -0.481 e. The second-order valence-electron chi connectivity index (χ2n) is 5.69. The number of carboxylic acids is 1. The minimum absolute atomic E-state index is 0.0204. The molecule has 5 nitrogen and oxygen atoms in total. The lowest BCUT2D eigenvalue weighted by Gasteiger charge is -2.13. The summed E-state index contributed by atoms with van der Waals surface area (Å²) in [5.41, 5.74) is 3.07. The molecule has 0 atom stereocenters. The van der Waals surface area contributed by atoms with Gasteiger partial charge in [-0.25, -0.2) is 0 Å². The molecule has 1 aliphatic heterocycles. The van der Waals surface area contributed by atoms with Crippen molar-refractivity contribution in [1.29, 1.82) is 0 Å². The van der Waals surface area contributed by atoms with E-state index in [2.05, 4.69) is 4.98 Å². The number of carbonyl (C=O) groups excluding carboxylic acids is 1. The molecule has 0 bridgehead atoms. The lowest BCUT2D eigenvalue weighted by atomic mass is 10.1. The van der Waals surface area contributed by atoms with Crippen molar-refractivity contribution >= 4 is 46.3 Å². The number of aliphatic carboxylic acids is 1. The topological polar surface area (TPSA) is 70.5 Å². The van der Waals surface area contributed by atoms with Gasteiger partial charge in [-0.1, -0.05) is 48.2 Å². The van der Waals surface area contributed by atoms with Crippen LogP contribution in [0.4, 0.5) is 0 Å². The van der Waals surface area contributed by atoms with E-state index < -0.39 is 5.97 Å². The van der Waals surface area contributed by atoms with Gasteiger partial charge in [0.2, 0.25) is 0 Å². The zero-order chi connectivity index (χ0) is 18.5. The number of thiocarbonyl (C=S) groups is 1. The Kier molecular flexibility index (Phi) is 5.80. The van der Waals surface area contributed by atoms with Gasteiger partial charge in [0.1, 0.15) is 4.32 Å². The first-order valence-corrected chi connectivity index (χ1v) is 9.25. The fourth-order valence-corrected chi connectivity index (χ4v) is 3.86. The van der Waals surface area contributed by atoms with Gasteiger partial charge >= 0.3 is 5.97 Å². The maximum absolute atomic E-state index is 12.5. The molecule has 0 unspecified atom stereocenters. The number of pyridine rings is 1. The number of carboxylic acid groups (broad SMARTS) is 1. The Morgan fingerprint density at radius 1 is 1.15 bits per heavy atom. The van der Waals surface area contributed by atoms with E-state index in [0.717, 1.165) is 16.7 Å². The second kappa shape index (κ2) is 8.25. The Morgan fingerprint density at radius 3 is 2.46 bits per heavy atom. The molecule has 2 heterocycles. The highest BCUT2D eigenvalue weighted by Gasteiger charge is 2.31. The summed E-state index contributed by atoms with van der Waals surface area (Å²) in [5, 5.41) is 8.71. The van der Waals surface area contributed by atoms with E-state index in [9.17, 15) is 9.59 Å². The number of rotatable bonds is 6. The fraction of sp³-hybridized carbons (Fsp3) is 0.158. The number of nitrogens with zero attached hydrogens (tertiary/aromatic N) is 2. The zero-order valence-corrected chi connectivity index (χ0v) is 15.4. The van der Waals surface area contributed by atoms with Crippen LogP contribution < -0.4 is 0 Å². The average molecular weight is 384 g/mol. The van der Waals surface area contributed by atoms with Crippen LogP contribution in [0.1, 0.15) is 18.4 Å². The Balaban J connectivity index is 1.71. The van der Waals surface area contributed by atoms with Gasteiger partial charge in [0.05, 0.1) is 4.91 Å². The number of amides is 1. The molecule has 1 fully saturated rings. The van der Waals surface area contributed by atoms with Crippen LogP contribution in [0.15, 0.2) is 53.7 Å². The van der Waals surface area contributed by atoms with Crippen LogP contribution in [0.5, 0.6) is 0 Å². The first-order valence-electron chi connectivity index (χ1n) is 8.02. The summed E-state index contributed by atoms with van der Waals surface area (Å²) in [7, 11) is 0. The van der Waals surface area contributed by atoms with Gasteiger partial charge in [-0.2, -0.15) is 0 Å². The normalized spacial score (nSPS) is 15.7. The summed E-state index contributed by atoms with van der Waals surface area (Å²) in [4.78, 5) is 29.1. The van der Waals surface area contributed by atoms with Crippen molar-refractivity contribution < 1.29 is 14.7 Å². The first kappa shape index (κ1) is 18.3. The fourth-order valence-electron chi connectivity index (χ4n) is 2.55. The first-order chi connectivity index (χ1) is 12.5. The van der Waals surface area contributed by atoms with Crippen molar-refractivity contribution in [2.45, 2.75) is 12.8 Å². The van der Waals surface area contributed by atoms with Crippen molar-refractivity contribution in [1.82, 2.24) is 9.88 Å². The molecule has 3 rings (SSSR count). The third-order valence-electron chi connectivity index (χ3n) is 3.87. The third-order valence-corrected chi connectivity index (χ3v) is 5.25. The summed E-state index contributed by atoms with van der Waals surface area (Å²) in [5.74, 6) is -1.04. The quantitative estimate of drug-likeness (QED) is 0.603. The molecular weight excluding hydrogens is 368 g/mol. The molecule has 132 valence electrons. The van der Waals surface area contributed by atoms with Gasteiger partial charge in [0.25, 0.3) is 5.91 Å². The van der Waals surface area contributed by atoms with Crippen molar-refractivity contribution in [2.75, 3.05) is 6.54 Å². The third kappa shape index (κ3) is 4.36. The number of benzene rings is 1. The number of hydrogen-bond acceptors (Lipinski definition) is 5. The van der Waals surface area contributed by atoms with Crippen molar-refractivity contribution in [3.63, 3.8) is 0 Å². The molecule has 2 aromatic rings. The van der Waals surface area contributed by atoms with E-state index >= 15 is 0 Å². The molecule has 1 N–H and O–H groups in total. The van der Waals surface area contributed by atoms with Gasteiger partial charge in [-0.05, 0) is 41.3 Å². The lowest BCUT2D eigenvalue weighted by molar-refractivity contribution is -0.137. The molecule has 26 heavy (non-hydrogen) atoms. The Bertz CT molecular complexity index is 864. The van der Waals surface area contributed by atoms with E-state index in [1.165, 1.54) is 16.7 Å². The Hall–Kier alpha value is -2.51. The highest BCUT2D eigenvalue weighted by molar-refractivity contribution is 8.26. The van der Waals surface area contributed by atoms with Gasteiger partial charge < -0.3 is 5.11 Å². The molecule has 0 aliphatic carbocycles. The molecular formula is C19H16N2O3S2. The zero-order valence-electron chi connectivity index (χ0n) is 13.8. The Labute approximate surface area is 160 Å². The minimum atomic E-state index is -0.875. The van der Waals surface area contributed by atoms with Crippen LogP contribution in [-0.4, -0.2) is 37.7 Å². The lowest BCUT2D eigenvalue weighted by Crippen LogP contribution is -2.29. The highest BCUT2D eigenvalue weighted by atomic mass is 32.2. The van der Waals surface area contributed by atoms with Gasteiger partial charge in [-0.3, -0.25) is 19.5 Å². The van der Waals surface area contributed by atoms with Crippen LogP contribution in [0.25, 0.3) is 17.2 Å². The molecule has 1 amide bonds. The molecule has 1 saturated heterocycles. The number of aromatic nitrogens is 1. The maximum atomic E-state index is 12.5. The number of carbonyl (C=O) groups is 2. The monoisotopic (exact) mass is 384 g/mol. The van der Waals surface area contributed by atoms with Gasteiger partial charge in [0, 0.05) is 25.4 Å². The smallest absolute Gasteiger partial charge is 0.303 e. The van der Waals surface area contributed by atoms with Crippen LogP contribution in [0.3, 0.4) is 0 Å². The Morgan fingerprint density at radius 2 is 1.81 bits per heavy atom. The molecule has 0 radical (unpaired) electrons. The van der Waals surface area contributed by atoms with E-state index in [1.807, 2.05) is 42.5 Å². The average Bonchev–Trinajstić information content (AvgIpc) is 2.90. The molecule has 0 spiro atoms. The SMILES string of the molecule is O=C(O)CCCN1C(=O)C(=Cc2ccc(-c3ccncc3)cc2)SC1=S. The van der Waals surface area contributed by atoms with Crippen molar-refractivity contribution in [3.05, 3.63) is 59.3 Å². The molecule has 1 aliphatic rings. The molecule has 1 aromatic heterocycles. The van der Waals surface area contributed by atoms with E-state index in [0.29, 0.717) is 22.2 Å². The van der Waals surface area contributed by atoms with Crippen molar-refractivity contribution in [2.24, 2.45) is 0 Å². The van der Waals surface area contributed by atoms with E-state index in [-0.39, 0.29) is 12.3 Å².